The number of aliphatic hydroxyl groups is 1. The van der Waals surface area contributed by atoms with Crippen molar-refractivity contribution in [3.8, 4) is 0 Å². The highest BCUT2D eigenvalue weighted by atomic mass is 16.3. The second-order valence-corrected chi connectivity index (χ2v) is 6.21. The van der Waals surface area contributed by atoms with Crippen LogP contribution in [0.1, 0.15) is 38.3 Å². The van der Waals surface area contributed by atoms with E-state index in [2.05, 4.69) is 36.3 Å². The van der Waals surface area contributed by atoms with Crippen LogP contribution < -0.4 is 0 Å². The second kappa shape index (κ2) is 5.57. The molecule has 108 valence electrons. The molecule has 1 heterocycles. The molecule has 1 aliphatic rings. The van der Waals surface area contributed by atoms with Crippen LogP contribution in [0.15, 0.2) is 24.3 Å². The van der Waals surface area contributed by atoms with Crippen molar-refractivity contribution in [1.29, 1.82) is 0 Å². The van der Waals surface area contributed by atoms with Gasteiger partial charge < -0.3 is 5.11 Å². The first-order chi connectivity index (χ1) is 9.69. The van der Waals surface area contributed by atoms with Crippen molar-refractivity contribution in [1.82, 2.24) is 9.78 Å². The first kappa shape index (κ1) is 13.6. The molecule has 1 aromatic carbocycles. The standard InChI is InChI=1S/C17H24N2O/c1-3-12-8-9-17(20)13(10-12)11-15-14-6-4-5-7-16(14)19(2)18-15/h4-7,12-13,17,20H,3,8-11H2,1-2H3. The minimum absolute atomic E-state index is 0.154. The number of aliphatic hydroxyl groups excluding tert-OH is 1. The Bertz CT molecular complexity index is 590. The molecule has 3 atom stereocenters. The molecular formula is C17H24N2O. The lowest BCUT2D eigenvalue weighted by molar-refractivity contribution is 0.0471. The van der Waals surface area contributed by atoms with Gasteiger partial charge in [-0.2, -0.15) is 5.10 Å². The molecule has 3 nitrogen and oxygen atoms in total. The summed E-state index contributed by atoms with van der Waals surface area (Å²) in [5.41, 5.74) is 2.32. The third-order valence-corrected chi connectivity index (χ3v) is 4.92. The zero-order chi connectivity index (χ0) is 14.1. The lowest BCUT2D eigenvalue weighted by Crippen LogP contribution is -2.30. The number of para-hydroxylation sites is 1. The molecule has 0 spiro atoms. The largest absolute Gasteiger partial charge is 0.393 e. The quantitative estimate of drug-likeness (QED) is 0.931. The number of hydrogen-bond acceptors (Lipinski definition) is 2. The molecule has 1 saturated carbocycles. The molecule has 1 fully saturated rings. The summed E-state index contributed by atoms with van der Waals surface area (Å²) in [7, 11) is 2.00. The van der Waals surface area contributed by atoms with E-state index in [1.807, 2.05) is 11.7 Å². The normalized spacial score (nSPS) is 27.1. The van der Waals surface area contributed by atoms with Crippen molar-refractivity contribution >= 4 is 10.9 Å². The number of hydrogen-bond donors (Lipinski definition) is 1. The highest BCUT2D eigenvalue weighted by Crippen LogP contribution is 2.34. The summed E-state index contributed by atoms with van der Waals surface area (Å²) < 4.78 is 1.96. The summed E-state index contributed by atoms with van der Waals surface area (Å²) in [5.74, 6) is 1.14. The topological polar surface area (TPSA) is 38.1 Å². The predicted molar refractivity (Wildman–Crippen MR) is 81.5 cm³/mol. The van der Waals surface area contributed by atoms with Gasteiger partial charge in [0.05, 0.1) is 17.3 Å². The van der Waals surface area contributed by atoms with Crippen molar-refractivity contribution < 1.29 is 5.11 Å². The number of benzene rings is 1. The van der Waals surface area contributed by atoms with E-state index in [0.717, 1.165) is 30.9 Å². The van der Waals surface area contributed by atoms with Gasteiger partial charge in [0, 0.05) is 12.4 Å². The average Bonchev–Trinajstić information content (AvgIpc) is 2.78. The van der Waals surface area contributed by atoms with Crippen molar-refractivity contribution in [3.63, 3.8) is 0 Å². The van der Waals surface area contributed by atoms with Crippen molar-refractivity contribution in [3.05, 3.63) is 30.0 Å². The Kier molecular flexibility index (Phi) is 3.79. The fourth-order valence-corrected chi connectivity index (χ4v) is 3.62. The van der Waals surface area contributed by atoms with E-state index >= 15 is 0 Å². The summed E-state index contributed by atoms with van der Waals surface area (Å²) in [5, 5.41) is 16.2. The van der Waals surface area contributed by atoms with Gasteiger partial charge in [0.1, 0.15) is 0 Å². The van der Waals surface area contributed by atoms with Crippen LogP contribution in [0.3, 0.4) is 0 Å². The van der Waals surface area contributed by atoms with E-state index in [-0.39, 0.29) is 6.10 Å². The van der Waals surface area contributed by atoms with Gasteiger partial charge in [0.15, 0.2) is 0 Å². The molecular weight excluding hydrogens is 248 g/mol. The molecule has 3 unspecified atom stereocenters. The zero-order valence-electron chi connectivity index (χ0n) is 12.4. The number of fused-ring (bicyclic) bond motifs is 1. The summed E-state index contributed by atoms with van der Waals surface area (Å²) in [6, 6.07) is 8.37. The van der Waals surface area contributed by atoms with Gasteiger partial charge in [-0.25, -0.2) is 0 Å². The number of rotatable bonds is 3. The first-order valence-corrected chi connectivity index (χ1v) is 7.77. The Hall–Kier alpha value is -1.35. The van der Waals surface area contributed by atoms with Crippen LogP contribution in [0.2, 0.25) is 0 Å². The minimum atomic E-state index is -0.154. The maximum atomic E-state index is 10.3. The summed E-state index contributed by atoms with van der Waals surface area (Å²) >= 11 is 0. The average molecular weight is 272 g/mol. The Morgan fingerprint density at radius 3 is 2.90 bits per heavy atom. The van der Waals surface area contributed by atoms with E-state index in [1.54, 1.807) is 0 Å². The first-order valence-electron chi connectivity index (χ1n) is 7.77. The molecule has 0 aliphatic heterocycles. The van der Waals surface area contributed by atoms with Crippen LogP contribution in [-0.2, 0) is 13.5 Å². The third-order valence-electron chi connectivity index (χ3n) is 4.92. The molecule has 1 aromatic heterocycles. The molecule has 0 bridgehead atoms. The minimum Gasteiger partial charge on any atom is -0.393 e. The van der Waals surface area contributed by atoms with Crippen LogP contribution in [0.25, 0.3) is 10.9 Å². The van der Waals surface area contributed by atoms with E-state index in [1.165, 1.54) is 23.7 Å². The van der Waals surface area contributed by atoms with Gasteiger partial charge in [-0.15, -0.1) is 0 Å². The van der Waals surface area contributed by atoms with Gasteiger partial charge in [-0.3, -0.25) is 4.68 Å². The lowest BCUT2D eigenvalue weighted by atomic mass is 9.76. The molecule has 0 amide bonds. The molecule has 20 heavy (non-hydrogen) atoms. The summed E-state index contributed by atoms with van der Waals surface area (Å²) in [6.07, 6.45) is 5.25. The monoisotopic (exact) mass is 272 g/mol. The molecule has 2 aromatic rings. The van der Waals surface area contributed by atoms with E-state index < -0.39 is 0 Å². The third kappa shape index (κ3) is 2.47. The number of nitrogens with zero attached hydrogens (tertiary/aromatic N) is 2. The Balaban J connectivity index is 1.85. The van der Waals surface area contributed by atoms with E-state index in [0.29, 0.717) is 5.92 Å². The van der Waals surface area contributed by atoms with Crippen molar-refractivity contribution in [2.45, 2.75) is 45.1 Å². The molecule has 0 radical (unpaired) electrons. The predicted octanol–water partition coefficient (Wildman–Crippen LogP) is 3.30. The fourth-order valence-electron chi connectivity index (χ4n) is 3.62. The maximum Gasteiger partial charge on any atom is 0.0707 e. The van der Waals surface area contributed by atoms with Crippen LogP contribution in [0, 0.1) is 11.8 Å². The van der Waals surface area contributed by atoms with Crippen LogP contribution in [0.4, 0.5) is 0 Å². The lowest BCUT2D eigenvalue weighted by Gasteiger charge is -2.32. The number of aromatic nitrogens is 2. The Labute approximate surface area is 120 Å². The van der Waals surface area contributed by atoms with Crippen LogP contribution >= 0.6 is 0 Å². The van der Waals surface area contributed by atoms with Crippen LogP contribution in [-0.4, -0.2) is 21.0 Å². The van der Waals surface area contributed by atoms with Crippen molar-refractivity contribution in [2.75, 3.05) is 0 Å². The van der Waals surface area contributed by atoms with Gasteiger partial charge in [-0.05, 0) is 43.6 Å². The molecule has 0 saturated heterocycles. The van der Waals surface area contributed by atoms with E-state index in [4.69, 9.17) is 0 Å². The molecule has 3 heteroatoms. The molecule has 1 N–H and O–H groups in total. The highest BCUT2D eigenvalue weighted by molar-refractivity contribution is 5.81. The molecule has 3 rings (SSSR count). The van der Waals surface area contributed by atoms with Gasteiger partial charge >= 0.3 is 0 Å². The summed E-state index contributed by atoms with van der Waals surface area (Å²) in [4.78, 5) is 0. The van der Waals surface area contributed by atoms with Crippen LogP contribution in [0.5, 0.6) is 0 Å². The Morgan fingerprint density at radius 2 is 2.10 bits per heavy atom. The van der Waals surface area contributed by atoms with E-state index in [9.17, 15) is 5.11 Å². The van der Waals surface area contributed by atoms with Gasteiger partial charge in [-0.1, -0.05) is 31.5 Å². The smallest absolute Gasteiger partial charge is 0.0707 e. The van der Waals surface area contributed by atoms with Crippen molar-refractivity contribution in [2.24, 2.45) is 18.9 Å². The van der Waals surface area contributed by atoms with Gasteiger partial charge in [0.2, 0.25) is 0 Å². The zero-order valence-corrected chi connectivity index (χ0v) is 12.4. The molecule has 1 aliphatic carbocycles. The number of aryl methyl sites for hydroxylation is 1. The highest BCUT2D eigenvalue weighted by Gasteiger charge is 2.29. The SMILES string of the molecule is CCC1CCC(O)C(Cc2nn(C)c3ccccc23)C1. The summed E-state index contributed by atoms with van der Waals surface area (Å²) in [6.45, 7) is 2.26. The van der Waals surface area contributed by atoms with Gasteiger partial charge in [0.25, 0.3) is 0 Å². The fraction of sp³-hybridized carbons (Fsp3) is 0.588. The Morgan fingerprint density at radius 1 is 1.30 bits per heavy atom. The maximum absolute atomic E-state index is 10.3. The second-order valence-electron chi connectivity index (χ2n) is 6.21.